The number of pyridine rings is 3. The van der Waals surface area contributed by atoms with Crippen molar-refractivity contribution in [1.82, 2.24) is 20.3 Å². The van der Waals surface area contributed by atoms with Crippen molar-refractivity contribution < 1.29 is 9.90 Å². The highest BCUT2D eigenvalue weighted by molar-refractivity contribution is 6.00. The van der Waals surface area contributed by atoms with E-state index in [0.717, 1.165) is 5.56 Å². The topological polar surface area (TPSA) is 138 Å². The third-order valence-electron chi connectivity index (χ3n) is 3.35. The van der Waals surface area contributed by atoms with Gasteiger partial charge in [-0.2, -0.15) is 5.26 Å². The maximum atomic E-state index is 12.2. The normalized spacial score (nSPS) is 10.3. The number of carbonyl (C=O) groups is 1. The average molecular weight is 320 g/mol. The monoisotopic (exact) mass is 320 g/mol. The first-order chi connectivity index (χ1) is 11.6. The van der Waals surface area contributed by atoms with E-state index in [4.69, 9.17) is 11.0 Å². The first-order valence-corrected chi connectivity index (χ1v) is 6.96. The SMILES string of the molecule is N#Cc1ccc(CNC(=O)c2ncc3nc(N)ccc3c2O)cn1. The second kappa shape index (κ2) is 6.18. The smallest absolute Gasteiger partial charge is 0.274 e. The molecule has 0 saturated heterocycles. The Labute approximate surface area is 136 Å². The molecule has 1 amide bonds. The highest BCUT2D eigenvalue weighted by Crippen LogP contribution is 2.26. The van der Waals surface area contributed by atoms with Gasteiger partial charge in [0.15, 0.2) is 11.4 Å². The Hall–Kier alpha value is -3.73. The molecule has 3 heterocycles. The molecule has 3 aromatic rings. The molecule has 0 saturated carbocycles. The molecule has 0 fully saturated rings. The van der Waals surface area contributed by atoms with Gasteiger partial charge in [-0.15, -0.1) is 0 Å². The van der Waals surface area contributed by atoms with Gasteiger partial charge >= 0.3 is 0 Å². The van der Waals surface area contributed by atoms with Crippen molar-refractivity contribution >= 4 is 22.6 Å². The lowest BCUT2D eigenvalue weighted by Crippen LogP contribution is -2.24. The summed E-state index contributed by atoms with van der Waals surface area (Å²) in [4.78, 5) is 24.1. The van der Waals surface area contributed by atoms with Gasteiger partial charge in [-0.1, -0.05) is 6.07 Å². The minimum absolute atomic E-state index is 0.101. The minimum Gasteiger partial charge on any atom is -0.505 e. The number of anilines is 1. The van der Waals surface area contributed by atoms with Crippen LogP contribution in [0, 0.1) is 11.3 Å². The van der Waals surface area contributed by atoms with Crippen molar-refractivity contribution in [3.63, 3.8) is 0 Å². The van der Waals surface area contributed by atoms with Crippen molar-refractivity contribution in [3.05, 3.63) is 53.6 Å². The number of aromatic hydroxyl groups is 1. The first kappa shape index (κ1) is 15.2. The largest absolute Gasteiger partial charge is 0.505 e. The summed E-state index contributed by atoms with van der Waals surface area (Å²) in [6.07, 6.45) is 2.88. The zero-order valence-electron chi connectivity index (χ0n) is 12.4. The Morgan fingerprint density at radius 2 is 2.08 bits per heavy atom. The first-order valence-electron chi connectivity index (χ1n) is 6.96. The van der Waals surface area contributed by atoms with Gasteiger partial charge < -0.3 is 16.2 Å². The molecular weight excluding hydrogens is 308 g/mol. The van der Waals surface area contributed by atoms with Gasteiger partial charge in [0.1, 0.15) is 17.6 Å². The third-order valence-corrected chi connectivity index (χ3v) is 3.35. The summed E-state index contributed by atoms with van der Waals surface area (Å²) in [6, 6.07) is 8.28. The molecule has 0 aliphatic rings. The number of fused-ring (bicyclic) bond motifs is 1. The molecule has 0 aliphatic carbocycles. The fraction of sp³-hybridized carbons (Fsp3) is 0.0625. The summed E-state index contributed by atoms with van der Waals surface area (Å²) in [7, 11) is 0. The van der Waals surface area contributed by atoms with Crippen LogP contribution in [0.4, 0.5) is 5.82 Å². The van der Waals surface area contributed by atoms with Gasteiger partial charge in [-0.25, -0.2) is 15.0 Å². The fourth-order valence-electron chi connectivity index (χ4n) is 2.13. The Morgan fingerprint density at radius 3 is 2.79 bits per heavy atom. The number of nitrogens with one attached hydrogen (secondary N) is 1. The molecule has 0 aromatic carbocycles. The zero-order chi connectivity index (χ0) is 17.1. The van der Waals surface area contributed by atoms with E-state index in [1.807, 2.05) is 6.07 Å². The number of rotatable bonds is 3. The van der Waals surface area contributed by atoms with Crippen molar-refractivity contribution in [1.29, 1.82) is 5.26 Å². The molecule has 0 atom stereocenters. The number of hydrogen-bond donors (Lipinski definition) is 3. The third kappa shape index (κ3) is 2.91. The van der Waals surface area contributed by atoms with E-state index in [1.54, 1.807) is 18.2 Å². The molecule has 0 aliphatic heterocycles. The van der Waals surface area contributed by atoms with Crippen molar-refractivity contribution in [2.24, 2.45) is 0 Å². The van der Waals surface area contributed by atoms with Crippen LogP contribution in [0.2, 0.25) is 0 Å². The van der Waals surface area contributed by atoms with Crippen LogP contribution in [0.1, 0.15) is 21.7 Å². The molecule has 0 bridgehead atoms. The summed E-state index contributed by atoms with van der Waals surface area (Å²) in [5.74, 6) is -0.486. The Balaban J connectivity index is 1.79. The number of nitrogens with zero attached hydrogens (tertiary/aromatic N) is 4. The van der Waals surface area contributed by atoms with Crippen LogP contribution >= 0.6 is 0 Å². The molecule has 8 heteroatoms. The second-order valence-electron chi connectivity index (χ2n) is 4.97. The highest BCUT2D eigenvalue weighted by atomic mass is 16.3. The van der Waals surface area contributed by atoms with Gasteiger partial charge in [-0.3, -0.25) is 4.79 Å². The van der Waals surface area contributed by atoms with Gasteiger partial charge in [0.2, 0.25) is 0 Å². The number of nitriles is 1. The van der Waals surface area contributed by atoms with E-state index in [9.17, 15) is 9.90 Å². The zero-order valence-corrected chi connectivity index (χ0v) is 12.4. The summed E-state index contributed by atoms with van der Waals surface area (Å²) in [5, 5.41) is 22.0. The molecule has 0 spiro atoms. The van der Waals surface area contributed by atoms with E-state index in [1.165, 1.54) is 18.5 Å². The van der Waals surface area contributed by atoms with Crippen LogP contribution in [-0.4, -0.2) is 26.0 Å². The number of carbonyl (C=O) groups excluding carboxylic acids is 1. The Morgan fingerprint density at radius 1 is 1.25 bits per heavy atom. The minimum atomic E-state index is -0.532. The van der Waals surface area contributed by atoms with Crippen molar-refractivity contribution in [2.45, 2.75) is 6.54 Å². The quantitative estimate of drug-likeness (QED) is 0.657. The molecule has 0 radical (unpaired) electrons. The number of nitrogen functional groups attached to an aromatic ring is 1. The fourth-order valence-corrected chi connectivity index (χ4v) is 2.13. The molecular formula is C16H12N6O2. The van der Waals surface area contributed by atoms with Crippen molar-refractivity contribution in [2.75, 3.05) is 5.73 Å². The highest BCUT2D eigenvalue weighted by Gasteiger charge is 2.16. The van der Waals surface area contributed by atoms with Crippen LogP contribution in [-0.2, 0) is 6.54 Å². The van der Waals surface area contributed by atoms with Gasteiger partial charge in [0.05, 0.1) is 11.7 Å². The van der Waals surface area contributed by atoms with Crippen LogP contribution in [0.15, 0.2) is 36.7 Å². The molecule has 4 N–H and O–H groups in total. The van der Waals surface area contributed by atoms with E-state index in [-0.39, 0.29) is 18.0 Å². The number of aromatic nitrogens is 3. The second-order valence-corrected chi connectivity index (χ2v) is 4.97. The van der Waals surface area contributed by atoms with Crippen LogP contribution in [0.5, 0.6) is 5.75 Å². The number of hydrogen-bond acceptors (Lipinski definition) is 7. The molecule has 0 unspecified atom stereocenters. The maximum absolute atomic E-state index is 12.2. The Bertz CT molecular complexity index is 963. The standard InChI is InChI=1S/C16H12N6O2/c17-5-10-2-1-9(6-19-10)7-21-16(24)14-15(23)11-3-4-13(18)22-12(11)8-20-14/h1-4,6,8,23H,7H2,(H2,18,22)(H,21,24). The van der Waals surface area contributed by atoms with Gasteiger partial charge in [0, 0.05) is 18.1 Å². The van der Waals surface area contributed by atoms with E-state index >= 15 is 0 Å². The van der Waals surface area contributed by atoms with Gasteiger partial charge in [-0.05, 0) is 23.8 Å². The summed E-state index contributed by atoms with van der Waals surface area (Å²) in [6.45, 7) is 0.191. The summed E-state index contributed by atoms with van der Waals surface area (Å²) < 4.78 is 0. The maximum Gasteiger partial charge on any atom is 0.274 e. The predicted molar refractivity (Wildman–Crippen MR) is 85.7 cm³/mol. The summed E-state index contributed by atoms with van der Waals surface area (Å²) >= 11 is 0. The number of nitrogens with two attached hydrogens (primary N) is 1. The summed E-state index contributed by atoms with van der Waals surface area (Å²) in [5.41, 5.74) is 6.90. The van der Waals surface area contributed by atoms with Crippen LogP contribution in [0.25, 0.3) is 10.9 Å². The molecule has 8 nitrogen and oxygen atoms in total. The number of amides is 1. The van der Waals surface area contributed by atoms with E-state index < -0.39 is 5.91 Å². The molecule has 24 heavy (non-hydrogen) atoms. The van der Waals surface area contributed by atoms with Crippen LogP contribution < -0.4 is 11.1 Å². The molecule has 118 valence electrons. The lowest BCUT2D eigenvalue weighted by molar-refractivity contribution is 0.0943. The lowest BCUT2D eigenvalue weighted by atomic mass is 10.2. The Kier molecular flexibility index (Phi) is 3.91. The van der Waals surface area contributed by atoms with E-state index in [0.29, 0.717) is 22.4 Å². The van der Waals surface area contributed by atoms with Crippen LogP contribution in [0.3, 0.4) is 0 Å². The molecule has 3 aromatic heterocycles. The lowest BCUT2D eigenvalue weighted by Gasteiger charge is -2.08. The van der Waals surface area contributed by atoms with Crippen molar-refractivity contribution in [3.8, 4) is 11.8 Å². The predicted octanol–water partition coefficient (Wildman–Crippen LogP) is 1.11. The van der Waals surface area contributed by atoms with E-state index in [2.05, 4.69) is 20.3 Å². The average Bonchev–Trinajstić information content (AvgIpc) is 2.60. The molecule has 3 rings (SSSR count). The van der Waals surface area contributed by atoms with Gasteiger partial charge in [0.25, 0.3) is 5.91 Å².